The first-order valence-electron chi connectivity index (χ1n) is 5.77. The molecule has 2 aromatic rings. The first-order valence-corrected chi connectivity index (χ1v) is 6.15. The van der Waals surface area contributed by atoms with E-state index in [2.05, 4.69) is 0 Å². The minimum atomic E-state index is -1.22. The van der Waals surface area contributed by atoms with Gasteiger partial charge in [-0.1, -0.05) is 41.9 Å². The van der Waals surface area contributed by atoms with Gasteiger partial charge in [-0.05, 0) is 29.3 Å². The van der Waals surface area contributed by atoms with Crippen molar-refractivity contribution in [3.8, 4) is 0 Å². The summed E-state index contributed by atoms with van der Waals surface area (Å²) >= 11 is 5.89. The van der Waals surface area contributed by atoms with E-state index in [4.69, 9.17) is 11.6 Å². The fourth-order valence-electron chi connectivity index (χ4n) is 1.78. The van der Waals surface area contributed by atoms with Gasteiger partial charge in [0.25, 0.3) is 0 Å². The standard InChI is InChI=1S/C15H12ClFO2/c16-13-7-6-12(17)8-11(13)9-14(18)15(19)10-4-2-1-3-5-10/h1-8,15,19H,9H2. The smallest absolute Gasteiger partial charge is 0.170 e. The van der Waals surface area contributed by atoms with E-state index in [0.717, 1.165) is 0 Å². The molecule has 19 heavy (non-hydrogen) atoms. The molecule has 0 saturated heterocycles. The molecule has 0 spiro atoms. The van der Waals surface area contributed by atoms with E-state index in [1.807, 2.05) is 0 Å². The van der Waals surface area contributed by atoms with E-state index < -0.39 is 17.7 Å². The molecular formula is C15H12ClFO2. The number of carbonyl (C=O) groups excluding carboxylic acids is 1. The van der Waals surface area contributed by atoms with Gasteiger partial charge in [0.15, 0.2) is 5.78 Å². The van der Waals surface area contributed by atoms with Crippen LogP contribution in [0.3, 0.4) is 0 Å². The van der Waals surface area contributed by atoms with Crippen LogP contribution in [0.25, 0.3) is 0 Å². The van der Waals surface area contributed by atoms with Crippen LogP contribution >= 0.6 is 11.6 Å². The van der Waals surface area contributed by atoms with E-state index >= 15 is 0 Å². The van der Waals surface area contributed by atoms with Crippen molar-refractivity contribution in [2.24, 2.45) is 0 Å². The van der Waals surface area contributed by atoms with Crippen LogP contribution in [0.1, 0.15) is 17.2 Å². The number of Topliss-reactive ketones (excluding diaryl/α,β-unsaturated/α-hetero) is 1. The minimum absolute atomic E-state index is 0.105. The Morgan fingerprint density at radius 2 is 1.89 bits per heavy atom. The molecule has 98 valence electrons. The second-order valence-electron chi connectivity index (χ2n) is 4.19. The predicted molar refractivity (Wildman–Crippen MR) is 71.5 cm³/mol. The van der Waals surface area contributed by atoms with Gasteiger partial charge in [0.05, 0.1) is 0 Å². The molecule has 0 aliphatic rings. The fourth-order valence-corrected chi connectivity index (χ4v) is 1.97. The zero-order chi connectivity index (χ0) is 13.8. The minimum Gasteiger partial charge on any atom is -0.381 e. The lowest BCUT2D eigenvalue weighted by molar-refractivity contribution is -0.126. The van der Waals surface area contributed by atoms with Gasteiger partial charge < -0.3 is 5.11 Å². The van der Waals surface area contributed by atoms with Gasteiger partial charge in [0.1, 0.15) is 11.9 Å². The number of hydrogen-bond donors (Lipinski definition) is 1. The Labute approximate surface area is 115 Å². The van der Waals surface area contributed by atoms with Crippen LogP contribution < -0.4 is 0 Å². The molecule has 0 amide bonds. The third-order valence-corrected chi connectivity index (χ3v) is 3.16. The third-order valence-electron chi connectivity index (χ3n) is 2.79. The van der Waals surface area contributed by atoms with Crippen molar-refractivity contribution in [3.05, 3.63) is 70.5 Å². The van der Waals surface area contributed by atoms with Crippen LogP contribution in [0.2, 0.25) is 5.02 Å². The van der Waals surface area contributed by atoms with Gasteiger partial charge in [-0.15, -0.1) is 0 Å². The number of benzene rings is 2. The molecule has 1 unspecified atom stereocenters. The summed E-state index contributed by atoms with van der Waals surface area (Å²) in [6.45, 7) is 0. The predicted octanol–water partition coefficient (Wildman–Crippen LogP) is 3.32. The van der Waals surface area contributed by atoms with Crippen molar-refractivity contribution in [1.29, 1.82) is 0 Å². The molecule has 0 bridgehead atoms. The monoisotopic (exact) mass is 278 g/mol. The average molecular weight is 279 g/mol. The number of aliphatic hydroxyl groups excluding tert-OH is 1. The molecule has 2 nitrogen and oxygen atoms in total. The highest BCUT2D eigenvalue weighted by molar-refractivity contribution is 6.31. The number of carbonyl (C=O) groups is 1. The fraction of sp³-hybridized carbons (Fsp3) is 0.133. The zero-order valence-electron chi connectivity index (χ0n) is 10.0. The van der Waals surface area contributed by atoms with Crippen molar-refractivity contribution in [3.63, 3.8) is 0 Å². The Kier molecular flexibility index (Phi) is 4.30. The summed E-state index contributed by atoms with van der Waals surface area (Å²) in [6.07, 6.45) is -1.33. The summed E-state index contributed by atoms with van der Waals surface area (Å²) in [5.74, 6) is -0.875. The van der Waals surface area contributed by atoms with Gasteiger partial charge in [-0.3, -0.25) is 4.79 Å². The van der Waals surface area contributed by atoms with Crippen molar-refractivity contribution < 1.29 is 14.3 Å². The summed E-state index contributed by atoms with van der Waals surface area (Å²) in [7, 11) is 0. The van der Waals surface area contributed by atoms with E-state index in [-0.39, 0.29) is 6.42 Å². The highest BCUT2D eigenvalue weighted by Gasteiger charge is 2.18. The molecule has 0 radical (unpaired) electrons. The summed E-state index contributed by atoms with van der Waals surface area (Å²) < 4.78 is 13.1. The van der Waals surface area contributed by atoms with Crippen molar-refractivity contribution in [2.75, 3.05) is 0 Å². The highest BCUT2D eigenvalue weighted by Crippen LogP contribution is 2.21. The van der Waals surface area contributed by atoms with Crippen LogP contribution in [0.4, 0.5) is 4.39 Å². The lowest BCUT2D eigenvalue weighted by atomic mass is 10.00. The molecule has 1 N–H and O–H groups in total. The van der Waals surface area contributed by atoms with Gasteiger partial charge >= 0.3 is 0 Å². The number of ketones is 1. The van der Waals surface area contributed by atoms with Crippen LogP contribution in [0, 0.1) is 5.82 Å². The Balaban J connectivity index is 2.15. The largest absolute Gasteiger partial charge is 0.381 e. The molecule has 0 fully saturated rings. The number of hydrogen-bond acceptors (Lipinski definition) is 2. The van der Waals surface area contributed by atoms with Gasteiger partial charge in [0.2, 0.25) is 0 Å². The Morgan fingerprint density at radius 3 is 2.58 bits per heavy atom. The van der Waals surface area contributed by atoms with E-state index in [9.17, 15) is 14.3 Å². The number of halogens is 2. The SMILES string of the molecule is O=C(Cc1cc(F)ccc1Cl)C(O)c1ccccc1. The molecule has 0 aliphatic heterocycles. The van der Waals surface area contributed by atoms with Gasteiger partial charge in [-0.25, -0.2) is 4.39 Å². The third kappa shape index (κ3) is 3.40. The van der Waals surface area contributed by atoms with Crippen LogP contribution in [-0.4, -0.2) is 10.9 Å². The number of rotatable bonds is 4. The van der Waals surface area contributed by atoms with E-state index in [1.54, 1.807) is 30.3 Å². The first kappa shape index (κ1) is 13.7. The summed E-state index contributed by atoms with van der Waals surface area (Å²) in [5, 5.41) is 10.2. The van der Waals surface area contributed by atoms with Crippen molar-refractivity contribution in [2.45, 2.75) is 12.5 Å². The Hall–Kier alpha value is -1.71. The van der Waals surface area contributed by atoms with Gasteiger partial charge in [0, 0.05) is 11.4 Å². The van der Waals surface area contributed by atoms with E-state index in [1.165, 1.54) is 18.2 Å². The molecule has 0 aromatic heterocycles. The summed E-state index contributed by atoms with van der Waals surface area (Å²) in [4.78, 5) is 11.9. The quantitative estimate of drug-likeness (QED) is 0.931. The molecule has 0 aliphatic carbocycles. The topological polar surface area (TPSA) is 37.3 Å². The average Bonchev–Trinajstić information content (AvgIpc) is 2.43. The molecule has 0 saturated carbocycles. The lowest BCUT2D eigenvalue weighted by Gasteiger charge is -2.10. The molecule has 1 atom stereocenters. The molecule has 4 heteroatoms. The number of aliphatic hydroxyl groups is 1. The van der Waals surface area contributed by atoms with E-state index in [0.29, 0.717) is 16.1 Å². The lowest BCUT2D eigenvalue weighted by Crippen LogP contribution is -2.14. The highest BCUT2D eigenvalue weighted by atomic mass is 35.5. The second kappa shape index (κ2) is 5.95. The molecule has 2 rings (SSSR count). The maximum absolute atomic E-state index is 13.1. The van der Waals surface area contributed by atoms with Crippen molar-refractivity contribution >= 4 is 17.4 Å². The first-order chi connectivity index (χ1) is 9.08. The molecule has 0 heterocycles. The second-order valence-corrected chi connectivity index (χ2v) is 4.60. The molecule has 2 aromatic carbocycles. The summed E-state index contributed by atoms with van der Waals surface area (Å²) in [6, 6.07) is 12.4. The Bertz CT molecular complexity index is 584. The summed E-state index contributed by atoms with van der Waals surface area (Å²) in [5.41, 5.74) is 0.890. The normalized spacial score (nSPS) is 12.2. The Morgan fingerprint density at radius 1 is 1.21 bits per heavy atom. The van der Waals surface area contributed by atoms with Crippen LogP contribution in [0.5, 0.6) is 0 Å². The zero-order valence-corrected chi connectivity index (χ0v) is 10.8. The van der Waals surface area contributed by atoms with Gasteiger partial charge in [-0.2, -0.15) is 0 Å². The maximum Gasteiger partial charge on any atom is 0.170 e. The van der Waals surface area contributed by atoms with Crippen LogP contribution in [-0.2, 0) is 11.2 Å². The molecular weight excluding hydrogens is 267 g/mol. The van der Waals surface area contributed by atoms with Crippen molar-refractivity contribution in [1.82, 2.24) is 0 Å². The maximum atomic E-state index is 13.1. The van der Waals surface area contributed by atoms with Crippen LogP contribution in [0.15, 0.2) is 48.5 Å².